The summed E-state index contributed by atoms with van der Waals surface area (Å²) in [4.78, 5) is 31.0. The summed E-state index contributed by atoms with van der Waals surface area (Å²) in [6.07, 6.45) is -3.48. The van der Waals surface area contributed by atoms with Crippen molar-refractivity contribution in [2.24, 2.45) is 5.16 Å². The second kappa shape index (κ2) is 17.6. The van der Waals surface area contributed by atoms with Crippen LogP contribution in [0.1, 0.15) is 37.4 Å². The van der Waals surface area contributed by atoms with E-state index in [1.54, 1.807) is 60.7 Å². The monoisotopic (exact) mass is 747 g/mol. The minimum Gasteiger partial charge on any atom is -0.459 e. The van der Waals surface area contributed by atoms with Gasteiger partial charge in [0.2, 0.25) is 0 Å². The van der Waals surface area contributed by atoms with Crippen LogP contribution in [-0.2, 0) is 40.0 Å². The maximum absolute atomic E-state index is 13.8. The van der Waals surface area contributed by atoms with E-state index in [2.05, 4.69) is 5.16 Å². The maximum atomic E-state index is 13.8. The Kier molecular flexibility index (Phi) is 13.6. The molecule has 0 fully saturated rings. The number of ether oxygens (including phenoxy) is 3. The predicted molar refractivity (Wildman–Crippen MR) is 186 cm³/mol. The molecule has 0 heterocycles. The Labute approximate surface area is 299 Å². The Hall–Kier alpha value is -3.97. The van der Waals surface area contributed by atoms with E-state index in [1.807, 2.05) is 19.9 Å². The van der Waals surface area contributed by atoms with Gasteiger partial charge in [-0.2, -0.15) is 8.42 Å². The van der Waals surface area contributed by atoms with Crippen LogP contribution in [0, 0.1) is 13.8 Å². The molecular weight excluding hydrogens is 717 g/mol. The SMILES string of the molecule is CO/N=C/[C@H](OCc1ccccc1)[C@@H](OC(=O)c1ccc(C)cc1)[C@@H](COC(=O)c1ccc(C)cc1)OS(=O)(=O)c1cc(Cl)c(Cl)cc1Cl. The van der Waals surface area contributed by atoms with Gasteiger partial charge in [0.1, 0.15) is 24.7 Å². The molecule has 49 heavy (non-hydrogen) atoms. The smallest absolute Gasteiger partial charge is 0.338 e. The fourth-order valence-corrected chi connectivity index (χ4v) is 6.41. The molecule has 0 aromatic heterocycles. The average molecular weight is 749 g/mol. The lowest BCUT2D eigenvalue weighted by Gasteiger charge is -2.31. The highest BCUT2D eigenvalue weighted by Gasteiger charge is 2.40. The van der Waals surface area contributed by atoms with Gasteiger partial charge >= 0.3 is 11.9 Å². The normalized spacial score (nSPS) is 13.4. The van der Waals surface area contributed by atoms with Crippen LogP contribution in [0.25, 0.3) is 0 Å². The van der Waals surface area contributed by atoms with Crippen LogP contribution in [0.5, 0.6) is 0 Å². The van der Waals surface area contributed by atoms with E-state index < -0.39 is 51.9 Å². The van der Waals surface area contributed by atoms with E-state index in [-0.39, 0.29) is 32.8 Å². The number of hydrogen-bond donors (Lipinski definition) is 0. The van der Waals surface area contributed by atoms with Crippen LogP contribution in [0.4, 0.5) is 0 Å². The number of oxime groups is 1. The van der Waals surface area contributed by atoms with E-state index in [9.17, 15) is 18.0 Å². The first-order valence-electron chi connectivity index (χ1n) is 14.7. The molecule has 4 aromatic rings. The summed E-state index contributed by atoms with van der Waals surface area (Å²) in [5.41, 5.74) is 2.86. The highest BCUT2D eigenvalue weighted by atomic mass is 35.5. The molecule has 0 N–H and O–H groups in total. The van der Waals surface area contributed by atoms with Crippen LogP contribution >= 0.6 is 34.8 Å². The lowest BCUT2D eigenvalue weighted by Crippen LogP contribution is -2.48. The van der Waals surface area contributed by atoms with Gasteiger partial charge in [-0.3, -0.25) is 4.18 Å². The van der Waals surface area contributed by atoms with Crippen LogP contribution in [-0.4, -0.2) is 58.6 Å². The number of rotatable bonds is 15. The fourth-order valence-electron chi connectivity index (χ4n) is 4.36. The maximum Gasteiger partial charge on any atom is 0.338 e. The number of nitrogens with zero attached hydrogens (tertiary/aromatic N) is 1. The zero-order chi connectivity index (χ0) is 35.6. The van der Waals surface area contributed by atoms with Crippen molar-refractivity contribution >= 4 is 63.1 Å². The Morgan fingerprint density at radius 1 is 0.796 bits per heavy atom. The molecule has 0 aliphatic carbocycles. The van der Waals surface area contributed by atoms with Crippen LogP contribution in [0.15, 0.2) is 101 Å². The fraction of sp³-hybridized carbons (Fsp3) is 0.229. The summed E-state index contributed by atoms with van der Waals surface area (Å²) in [5, 5.41) is 3.41. The summed E-state index contributed by atoms with van der Waals surface area (Å²) in [6.45, 7) is 2.93. The number of carbonyl (C=O) groups is 2. The van der Waals surface area contributed by atoms with Crippen LogP contribution in [0.2, 0.25) is 15.1 Å². The van der Waals surface area contributed by atoms with Crippen molar-refractivity contribution in [2.45, 2.75) is 43.7 Å². The van der Waals surface area contributed by atoms with E-state index in [0.29, 0.717) is 0 Å². The quantitative estimate of drug-likeness (QED) is 0.0396. The third kappa shape index (κ3) is 10.8. The first-order chi connectivity index (χ1) is 23.4. The Morgan fingerprint density at radius 2 is 1.37 bits per heavy atom. The highest BCUT2D eigenvalue weighted by Crippen LogP contribution is 2.33. The molecule has 10 nitrogen and oxygen atoms in total. The molecule has 258 valence electrons. The summed E-state index contributed by atoms with van der Waals surface area (Å²) >= 11 is 18.4. The van der Waals surface area contributed by atoms with Gasteiger partial charge < -0.3 is 19.0 Å². The molecular formula is C35H32Cl3NO9S. The summed E-state index contributed by atoms with van der Waals surface area (Å²) < 4.78 is 50.9. The average Bonchev–Trinajstić information content (AvgIpc) is 3.08. The van der Waals surface area contributed by atoms with Gasteiger partial charge in [-0.25, -0.2) is 9.59 Å². The lowest BCUT2D eigenvalue weighted by atomic mass is 10.1. The standard InChI is InChI=1S/C35H32Cl3NO9S/c1-22-9-13-25(14-10-22)34(40)46-21-31(48-49(42,43)32-18-28(37)27(36)17-29(32)38)33(47-35(41)26-15-11-23(2)12-16-26)30(19-39-44-3)45-20-24-7-5-4-6-8-24/h4-19,30-31,33H,20-21H2,1-3H3/b39-19+/t30-,31+,33+/m0/s1. The summed E-state index contributed by atoms with van der Waals surface area (Å²) in [7, 11) is -3.52. The Morgan fingerprint density at radius 3 is 1.96 bits per heavy atom. The zero-order valence-corrected chi connectivity index (χ0v) is 29.6. The molecule has 14 heteroatoms. The molecule has 4 aromatic carbocycles. The second-order valence-corrected chi connectivity index (χ2v) is 13.4. The van der Waals surface area contributed by atoms with Gasteiger partial charge in [0.05, 0.1) is 39.0 Å². The van der Waals surface area contributed by atoms with Gasteiger partial charge in [0, 0.05) is 0 Å². The third-order valence-corrected chi connectivity index (χ3v) is 9.50. The van der Waals surface area contributed by atoms with Crippen LogP contribution in [0.3, 0.4) is 0 Å². The van der Waals surface area contributed by atoms with Crippen molar-refractivity contribution in [2.75, 3.05) is 13.7 Å². The molecule has 0 amide bonds. The van der Waals surface area contributed by atoms with Crippen LogP contribution < -0.4 is 0 Å². The third-order valence-electron chi connectivity index (χ3n) is 6.98. The molecule has 3 atom stereocenters. The van der Waals surface area contributed by atoms with Gasteiger partial charge in [-0.1, -0.05) is 106 Å². The minimum absolute atomic E-state index is 0.00394. The highest BCUT2D eigenvalue weighted by molar-refractivity contribution is 7.87. The van der Waals surface area contributed by atoms with Crippen molar-refractivity contribution in [3.05, 3.63) is 134 Å². The van der Waals surface area contributed by atoms with Crippen molar-refractivity contribution in [1.29, 1.82) is 0 Å². The van der Waals surface area contributed by atoms with Crippen molar-refractivity contribution in [1.82, 2.24) is 0 Å². The van der Waals surface area contributed by atoms with E-state index >= 15 is 0 Å². The molecule has 0 aliphatic heterocycles. The van der Waals surface area contributed by atoms with Crippen molar-refractivity contribution in [3.8, 4) is 0 Å². The largest absolute Gasteiger partial charge is 0.459 e. The van der Waals surface area contributed by atoms with E-state index in [1.165, 1.54) is 25.5 Å². The van der Waals surface area contributed by atoms with Gasteiger partial charge in [0.15, 0.2) is 12.2 Å². The van der Waals surface area contributed by atoms with Gasteiger partial charge in [-0.05, 0) is 55.8 Å². The summed E-state index contributed by atoms with van der Waals surface area (Å²) in [6, 6.07) is 24.2. The number of hydrogen-bond acceptors (Lipinski definition) is 10. The number of benzene rings is 4. The Balaban J connectivity index is 1.79. The molecule has 4 rings (SSSR count). The van der Waals surface area contributed by atoms with Crippen molar-refractivity contribution in [3.63, 3.8) is 0 Å². The van der Waals surface area contributed by atoms with E-state index in [4.69, 9.17) is 58.0 Å². The minimum atomic E-state index is -4.81. The molecule has 0 spiro atoms. The lowest BCUT2D eigenvalue weighted by molar-refractivity contribution is -0.0834. The second-order valence-electron chi connectivity index (χ2n) is 10.7. The molecule has 0 bridgehead atoms. The Bertz CT molecular complexity index is 1870. The van der Waals surface area contributed by atoms with Crippen molar-refractivity contribution < 1.29 is 41.2 Å². The first kappa shape index (κ1) is 37.8. The van der Waals surface area contributed by atoms with E-state index in [0.717, 1.165) is 28.8 Å². The molecule has 0 unspecified atom stereocenters. The van der Waals surface area contributed by atoms with Gasteiger partial charge in [0.25, 0.3) is 10.1 Å². The number of carbonyl (C=O) groups excluding carboxylic acids is 2. The number of esters is 2. The molecule has 0 saturated carbocycles. The summed E-state index contributed by atoms with van der Waals surface area (Å²) in [5.74, 6) is -1.65. The first-order valence-corrected chi connectivity index (χ1v) is 17.2. The number of halogens is 3. The van der Waals surface area contributed by atoms with Gasteiger partial charge in [-0.15, -0.1) is 0 Å². The number of aryl methyl sites for hydroxylation is 2. The molecule has 0 saturated heterocycles. The predicted octanol–water partition coefficient (Wildman–Crippen LogP) is 7.64. The molecule has 0 aliphatic rings. The topological polar surface area (TPSA) is 127 Å². The zero-order valence-electron chi connectivity index (χ0n) is 26.5. The molecule has 0 radical (unpaired) electrons.